The number of benzene rings is 2. The number of halogens is 1. The predicted octanol–water partition coefficient (Wildman–Crippen LogP) is 4.33. The van der Waals surface area contributed by atoms with E-state index in [9.17, 15) is 9.18 Å². The van der Waals surface area contributed by atoms with Crippen LogP contribution in [0.4, 0.5) is 10.1 Å². The van der Waals surface area contributed by atoms with Crippen LogP contribution in [0.5, 0.6) is 0 Å². The highest BCUT2D eigenvalue weighted by atomic mass is 19.1. The Morgan fingerprint density at radius 1 is 0.944 bits per heavy atom. The highest BCUT2D eigenvalue weighted by Crippen LogP contribution is 2.33. The molecule has 0 N–H and O–H groups in total. The summed E-state index contributed by atoms with van der Waals surface area (Å²) in [5.74, 6) is -0.245. The minimum Gasteiger partial charge on any atom is -0.378 e. The minimum atomic E-state index is -0.262. The third kappa shape index (κ3) is 5.97. The predicted molar refractivity (Wildman–Crippen MR) is 142 cm³/mol. The molecule has 6 nitrogen and oxygen atoms in total. The van der Waals surface area contributed by atoms with Gasteiger partial charge in [0.15, 0.2) is 0 Å². The van der Waals surface area contributed by atoms with Gasteiger partial charge in [0.2, 0.25) is 0 Å². The number of nitrogens with zero attached hydrogens (tertiary/aromatic N) is 4. The van der Waals surface area contributed by atoms with Crippen LogP contribution in [0.25, 0.3) is 0 Å². The number of aromatic nitrogens is 1. The average Bonchev–Trinajstić information content (AvgIpc) is 3.12. The van der Waals surface area contributed by atoms with Gasteiger partial charge in [-0.2, -0.15) is 0 Å². The van der Waals surface area contributed by atoms with E-state index in [4.69, 9.17) is 4.74 Å². The molecule has 0 saturated carbocycles. The lowest BCUT2D eigenvalue weighted by Crippen LogP contribution is -2.38. The van der Waals surface area contributed by atoms with Gasteiger partial charge in [0.25, 0.3) is 5.91 Å². The highest BCUT2D eigenvalue weighted by molar-refractivity contribution is 5.96. The van der Waals surface area contributed by atoms with Gasteiger partial charge in [-0.3, -0.25) is 4.79 Å². The fourth-order valence-corrected chi connectivity index (χ4v) is 4.91. The number of likely N-dealkylation sites (N-methyl/N-ethyl adjacent to an activating group) is 1. The lowest BCUT2D eigenvalue weighted by atomic mass is 10.1. The zero-order valence-corrected chi connectivity index (χ0v) is 21.8. The van der Waals surface area contributed by atoms with Gasteiger partial charge in [-0.05, 0) is 51.2 Å². The second-order valence-electron chi connectivity index (χ2n) is 9.74. The molecule has 2 aromatic carbocycles. The number of amides is 1. The topological polar surface area (TPSA) is 41.0 Å². The van der Waals surface area contributed by atoms with Gasteiger partial charge in [0, 0.05) is 50.5 Å². The van der Waals surface area contributed by atoms with Gasteiger partial charge < -0.3 is 24.0 Å². The van der Waals surface area contributed by atoms with Crippen molar-refractivity contribution in [3.05, 3.63) is 88.5 Å². The lowest BCUT2D eigenvalue weighted by molar-refractivity contribution is 0.0720. The summed E-state index contributed by atoms with van der Waals surface area (Å²) in [6.45, 7) is 9.51. The van der Waals surface area contributed by atoms with Crippen molar-refractivity contribution < 1.29 is 13.9 Å². The maximum Gasteiger partial charge on any atom is 0.271 e. The van der Waals surface area contributed by atoms with Crippen molar-refractivity contribution in [3.63, 3.8) is 0 Å². The molecule has 1 aromatic heterocycles. The van der Waals surface area contributed by atoms with E-state index in [1.165, 1.54) is 12.1 Å². The van der Waals surface area contributed by atoms with Crippen molar-refractivity contribution in [2.24, 2.45) is 0 Å². The van der Waals surface area contributed by atoms with Crippen molar-refractivity contribution >= 4 is 11.6 Å². The monoisotopic (exact) mass is 492 g/mol. The van der Waals surface area contributed by atoms with Crippen LogP contribution in [0.1, 0.15) is 32.9 Å². The van der Waals surface area contributed by atoms with Crippen molar-refractivity contribution in [1.82, 2.24) is 14.4 Å². The standard InChI is InChI=1S/C29H37FN4O2/c1-22-27(32-16-18-36-19-17-32)23(2)34(21-25-10-12-26(30)13-11-25)28(22)29(35)33(15-14-31(3)4)20-24-8-6-5-7-9-24/h5-13H,14-21H2,1-4H3. The molecular formula is C29H37FN4O2. The molecule has 0 atom stereocenters. The smallest absolute Gasteiger partial charge is 0.271 e. The number of rotatable bonds is 9. The van der Waals surface area contributed by atoms with Gasteiger partial charge in [-0.15, -0.1) is 0 Å². The van der Waals surface area contributed by atoms with Gasteiger partial charge in [0.1, 0.15) is 11.5 Å². The largest absolute Gasteiger partial charge is 0.378 e. The molecule has 1 aliphatic rings. The molecule has 192 valence electrons. The maximum absolute atomic E-state index is 14.3. The van der Waals surface area contributed by atoms with Gasteiger partial charge in [-0.25, -0.2) is 4.39 Å². The van der Waals surface area contributed by atoms with Crippen LogP contribution in [0, 0.1) is 19.7 Å². The molecule has 1 amide bonds. The SMILES string of the molecule is Cc1c(N2CCOCC2)c(C)n(Cc2ccc(F)cc2)c1C(=O)N(CCN(C)C)Cc1ccccc1. The number of hydrogen-bond acceptors (Lipinski definition) is 4. The number of carbonyl (C=O) groups excluding carboxylic acids is 1. The number of hydrogen-bond donors (Lipinski definition) is 0. The number of ether oxygens (including phenoxy) is 1. The summed E-state index contributed by atoms with van der Waals surface area (Å²) in [6, 6.07) is 16.7. The minimum absolute atomic E-state index is 0.0166. The van der Waals surface area contributed by atoms with E-state index in [2.05, 4.69) is 40.3 Å². The number of morpholine rings is 1. The third-order valence-electron chi connectivity index (χ3n) is 6.83. The zero-order chi connectivity index (χ0) is 25.7. The van der Waals surface area contributed by atoms with Crippen LogP contribution in [0.3, 0.4) is 0 Å². The molecule has 0 spiro atoms. The molecular weight excluding hydrogens is 455 g/mol. The first kappa shape index (κ1) is 25.9. The summed E-state index contributed by atoms with van der Waals surface area (Å²) in [6.07, 6.45) is 0. The molecule has 36 heavy (non-hydrogen) atoms. The molecule has 4 rings (SSSR count). The van der Waals surface area contributed by atoms with Crippen molar-refractivity contribution in [2.75, 3.05) is 58.4 Å². The van der Waals surface area contributed by atoms with E-state index in [1.54, 1.807) is 12.1 Å². The molecule has 1 aliphatic heterocycles. The Balaban J connectivity index is 1.76. The van der Waals surface area contributed by atoms with Crippen LogP contribution in [-0.4, -0.2) is 73.8 Å². The average molecular weight is 493 g/mol. The van der Waals surface area contributed by atoms with E-state index in [0.29, 0.717) is 38.5 Å². The molecule has 0 radical (unpaired) electrons. The second-order valence-corrected chi connectivity index (χ2v) is 9.74. The van der Waals surface area contributed by atoms with Gasteiger partial charge in [-0.1, -0.05) is 42.5 Å². The summed E-state index contributed by atoms with van der Waals surface area (Å²) in [4.78, 5) is 20.6. The summed E-state index contributed by atoms with van der Waals surface area (Å²) in [5.41, 5.74) is 5.91. The van der Waals surface area contributed by atoms with E-state index >= 15 is 0 Å². The summed E-state index contributed by atoms with van der Waals surface area (Å²) < 4.78 is 21.3. The van der Waals surface area contributed by atoms with Crippen LogP contribution in [-0.2, 0) is 17.8 Å². The Hall–Kier alpha value is -3.16. The molecule has 3 aromatic rings. The van der Waals surface area contributed by atoms with Crippen molar-refractivity contribution in [1.29, 1.82) is 0 Å². The lowest BCUT2D eigenvalue weighted by Gasteiger charge is -2.29. The first-order valence-corrected chi connectivity index (χ1v) is 12.6. The maximum atomic E-state index is 14.3. The fourth-order valence-electron chi connectivity index (χ4n) is 4.91. The van der Waals surface area contributed by atoms with E-state index in [1.807, 2.05) is 37.2 Å². The van der Waals surface area contributed by atoms with Gasteiger partial charge in [0.05, 0.1) is 18.9 Å². The zero-order valence-electron chi connectivity index (χ0n) is 21.8. The molecule has 0 bridgehead atoms. The van der Waals surface area contributed by atoms with Gasteiger partial charge >= 0.3 is 0 Å². The van der Waals surface area contributed by atoms with Crippen LogP contribution < -0.4 is 4.90 Å². The molecule has 1 fully saturated rings. The van der Waals surface area contributed by atoms with Crippen LogP contribution in [0.2, 0.25) is 0 Å². The van der Waals surface area contributed by atoms with E-state index in [0.717, 1.165) is 47.7 Å². The normalized spacial score (nSPS) is 13.9. The third-order valence-corrected chi connectivity index (χ3v) is 6.83. The molecule has 0 unspecified atom stereocenters. The highest BCUT2D eigenvalue weighted by Gasteiger charge is 2.29. The summed E-state index contributed by atoms with van der Waals surface area (Å²) in [7, 11) is 4.04. The quantitative estimate of drug-likeness (QED) is 0.446. The van der Waals surface area contributed by atoms with Crippen LogP contribution >= 0.6 is 0 Å². The molecule has 0 aliphatic carbocycles. The van der Waals surface area contributed by atoms with Crippen molar-refractivity contribution in [3.8, 4) is 0 Å². The first-order valence-electron chi connectivity index (χ1n) is 12.6. The Morgan fingerprint density at radius 2 is 1.61 bits per heavy atom. The number of carbonyl (C=O) groups is 1. The summed E-state index contributed by atoms with van der Waals surface area (Å²) >= 11 is 0. The Labute approximate surface area is 213 Å². The fraction of sp³-hybridized carbons (Fsp3) is 0.414. The molecule has 1 saturated heterocycles. The second kappa shape index (κ2) is 11.7. The van der Waals surface area contributed by atoms with Crippen molar-refractivity contribution in [2.45, 2.75) is 26.9 Å². The molecule has 7 heteroatoms. The Morgan fingerprint density at radius 3 is 2.25 bits per heavy atom. The Kier molecular flexibility index (Phi) is 8.44. The number of anilines is 1. The van der Waals surface area contributed by atoms with E-state index < -0.39 is 0 Å². The Bertz CT molecular complexity index is 1150. The van der Waals surface area contributed by atoms with E-state index in [-0.39, 0.29) is 11.7 Å². The first-order chi connectivity index (χ1) is 17.3. The van der Waals surface area contributed by atoms with Crippen LogP contribution in [0.15, 0.2) is 54.6 Å². The summed E-state index contributed by atoms with van der Waals surface area (Å²) in [5, 5.41) is 0. The molecule has 2 heterocycles.